The van der Waals surface area contributed by atoms with E-state index in [2.05, 4.69) is 10.4 Å². The van der Waals surface area contributed by atoms with Gasteiger partial charge in [0.1, 0.15) is 10.9 Å². The Morgan fingerprint density at radius 3 is 2.96 bits per heavy atom. The fourth-order valence-corrected chi connectivity index (χ4v) is 3.39. The number of halogens is 1. The minimum atomic E-state index is -1.06. The number of aliphatic carboxylic acids is 1. The number of nitrogens with zero attached hydrogens (tertiary/aromatic N) is 2. The molecule has 2 N–H and O–H groups in total. The van der Waals surface area contributed by atoms with Crippen molar-refractivity contribution in [3.63, 3.8) is 0 Å². The van der Waals surface area contributed by atoms with Gasteiger partial charge in [-0.3, -0.25) is 9.48 Å². The molecule has 7 nitrogen and oxygen atoms in total. The summed E-state index contributed by atoms with van der Waals surface area (Å²) in [6, 6.07) is 5.17. The van der Waals surface area contributed by atoms with Crippen LogP contribution in [-0.4, -0.2) is 33.4 Å². The maximum atomic E-state index is 12.2. The fraction of sp³-hybridized carbons (Fsp3) is 0.353. The van der Waals surface area contributed by atoms with Gasteiger partial charge in [0.25, 0.3) is 0 Å². The van der Waals surface area contributed by atoms with E-state index in [9.17, 15) is 9.59 Å². The number of carboxylic acids is 1. The van der Waals surface area contributed by atoms with Crippen molar-refractivity contribution in [1.29, 1.82) is 0 Å². The lowest BCUT2D eigenvalue weighted by molar-refractivity contribution is -0.139. The van der Waals surface area contributed by atoms with Gasteiger partial charge in [-0.15, -0.1) is 0 Å². The number of rotatable bonds is 5. The minimum absolute atomic E-state index is 0.130. The molecule has 2 aromatic rings. The predicted molar refractivity (Wildman–Crippen MR) is 92.3 cm³/mol. The number of hydrogen-bond donors (Lipinski definition) is 2. The van der Waals surface area contributed by atoms with Crippen molar-refractivity contribution in [3.05, 3.63) is 40.2 Å². The normalized spacial score (nSPS) is 16.3. The second kappa shape index (κ2) is 6.76. The van der Waals surface area contributed by atoms with Gasteiger partial charge in [0.15, 0.2) is 6.61 Å². The van der Waals surface area contributed by atoms with Crippen LogP contribution >= 0.6 is 11.6 Å². The van der Waals surface area contributed by atoms with Crippen LogP contribution in [0.2, 0.25) is 5.15 Å². The number of anilines is 1. The van der Waals surface area contributed by atoms with E-state index >= 15 is 0 Å². The number of aryl methyl sites for hydroxylation is 2. The lowest BCUT2D eigenvalue weighted by Crippen LogP contribution is -2.24. The second-order valence-corrected chi connectivity index (χ2v) is 6.22. The van der Waals surface area contributed by atoms with Crippen LogP contribution in [0.5, 0.6) is 5.75 Å². The zero-order chi connectivity index (χ0) is 18.1. The molecule has 25 heavy (non-hydrogen) atoms. The standard InChI is InChI=1S/C17H18ClN3O4/c1-3-12-16(17(18)21(2)20-12)11-7-14(22)19-13-6-9(4-5-10(11)13)25-8-15(23)24/h4-6,11H,3,7-8H2,1-2H3,(H,19,22)(H,23,24)/t11-/m0/s1. The number of aromatic nitrogens is 2. The summed E-state index contributed by atoms with van der Waals surface area (Å²) in [6.45, 7) is 1.55. The average Bonchev–Trinajstić information content (AvgIpc) is 2.86. The number of carbonyl (C=O) groups excluding carboxylic acids is 1. The molecule has 0 bridgehead atoms. The van der Waals surface area contributed by atoms with Gasteiger partial charge in [-0.05, 0) is 18.1 Å². The largest absolute Gasteiger partial charge is 0.482 e. The number of carbonyl (C=O) groups is 2. The molecule has 132 valence electrons. The molecule has 0 saturated heterocycles. The highest BCUT2D eigenvalue weighted by molar-refractivity contribution is 6.30. The first kappa shape index (κ1) is 17.3. The summed E-state index contributed by atoms with van der Waals surface area (Å²) in [5.41, 5.74) is 3.24. The first-order valence-corrected chi connectivity index (χ1v) is 8.28. The molecule has 0 aliphatic carbocycles. The zero-order valence-corrected chi connectivity index (χ0v) is 14.6. The van der Waals surface area contributed by atoms with E-state index in [4.69, 9.17) is 21.4 Å². The molecule has 2 heterocycles. The molecule has 3 rings (SSSR count). The van der Waals surface area contributed by atoms with E-state index in [1.807, 2.05) is 13.0 Å². The third kappa shape index (κ3) is 3.32. The molecular weight excluding hydrogens is 346 g/mol. The SMILES string of the molecule is CCc1nn(C)c(Cl)c1[C@H]1CC(=O)Nc2cc(OCC(=O)O)ccc21. The predicted octanol–water partition coefficient (Wildman–Crippen LogP) is 2.57. The number of ether oxygens (including phenoxy) is 1. The topological polar surface area (TPSA) is 93.5 Å². The third-order valence-corrected chi connectivity index (χ3v) is 4.65. The van der Waals surface area contributed by atoms with Crippen LogP contribution in [0.3, 0.4) is 0 Å². The van der Waals surface area contributed by atoms with Crippen LogP contribution < -0.4 is 10.1 Å². The summed E-state index contributed by atoms with van der Waals surface area (Å²) in [4.78, 5) is 22.8. The number of fused-ring (bicyclic) bond motifs is 1. The van der Waals surface area contributed by atoms with Gasteiger partial charge in [-0.1, -0.05) is 24.6 Å². The zero-order valence-electron chi connectivity index (χ0n) is 13.9. The molecule has 0 radical (unpaired) electrons. The van der Waals surface area contributed by atoms with Crippen molar-refractivity contribution in [2.24, 2.45) is 7.05 Å². The monoisotopic (exact) mass is 363 g/mol. The maximum absolute atomic E-state index is 12.2. The van der Waals surface area contributed by atoms with Gasteiger partial charge in [0, 0.05) is 36.7 Å². The molecule has 1 aromatic heterocycles. The third-order valence-electron chi connectivity index (χ3n) is 4.20. The van der Waals surface area contributed by atoms with E-state index in [0.717, 1.165) is 16.8 Å². The van der Waals surface area contributed by atoms with Gasteiger partial charge < -0.3 is 15.2 Å². The molecule has 1 amide bonds. The Morgan fingerprint density at radius 1 is 1.52 bits per heavy atom. The summed E-state index contributed by atoms with van der Waals surface area (Å²) in [5, 5.41) is 16.5. The Hall–Kier alpha value is -2.54. The van der Waals surface area contributed by atoms with Crippen molar-refractivity contribution in [1.82, 2.24) is 9.78 Å². The Kier molecular flexibility index (Phi) is 4.67. The molecule has 0 saturated carbocycles. The first-order chi connectivity index (χ1) is 11.9. The smallest absolute Gasteiger partial charge is 0.341 e. The van der Waals surface area contributed by atoms with Crippen molar-refractivity contribution < 1.29 is 19.4 Å². The van der Waals surface area contributed by atoms with Gasteiger partial charge in [0.05, 0.1) is 5.69 Å². The van der Waals surface area contributed by atoms with Crippen LogP contribution in [0, 0.1) is 0 Å². The van der Waals surface area contributed by atoms with Crippen LogP contribution in [0.15, 0.2) is 18.2 Å². The average molecular weight is 364 g/mol. The van der Waals surface area contributed by atoms with Gasteiger partial charge in [-0.25, -0.2) is 4.79 Å². The Balaban J connectivity index is 2.02. The van der Waals surface area contributed by atoms with Crippen molar-refractivity contribution in [2.45, 2.75) is 25.7 Å². The van der Waals surface area contributed by atoms with E-state index in [1.54, 1.807) is 23.9 Å². The number of amides is 1. The quantitative estimate of drug-likeness (QED) is 0.851. The van der Waals surface area contributed by atoms with E-state index in [-0.39, 0.29) is 18.2 Å². The molecule has 8 heteroatoms. The number of benzene rings is 1. The molecule has 0 spiro atoms. The molecule has 1 aromatic carbocycles. The molecule has 1 aliphatic heterocycles. The number of carboxylic acid groups (broad SMARTS) is 1. The lowest BCUT2D eigenvalue weighted by atomic mass is 9.84. The fourth-order valence-electron chi connectivity index (χ4n) is 3.11. The first-order valence-electron chi connectivity index (χ1n) is 7.90. The number of nitrogens with one attached hydrogen (secondary N) is 1. The highest BCUT2D eigenvalue weighted by Crippen LogP contribution is 2.42. The van der Waals surface area contributed by atoms with E-state index in [1.165, 1.54) is 0 Å². The molecule has 1 atom stereocenters. The second-order valence-electron chi connectivity index (χ2n) is 5.86. The van der Waals surface area contributed by atoms with Crippen LogP contribution in [0.1, 0.15) is 36.1 Å². The Bertz CT molecular complexity index is 847. The van der Waals surface area contributed by atoms with Crippen LogP contribution in [0.25, 0.3) is 0 Å². The summed E-state index contributed by atoms with van der Waals surface area (Å²) >= 11 is 6.43. The van der Waals surface area contributed by atoms with Crippen LogP contribution in [0.4, 0.5) is 5.69 Å². The van der Waals surface area contributed by atoms with E-state index < -0.39 is 12.6 Å². The highest BCUT2D eigenvalue weighted by Gasteiger charge is 2.32. The Labute approximate surface area is 149 Å². The molecule has 1 aliphatic rings. The van der Waals surface area contributed by atoms with Crippen LogP contribution in [-0.2, 0) is 23.1 Å². The summed E-state index contributed by atoms with van der Waals surface area (Å²) in [6.07, 6.45) is 0.990. The van der Waals surface area contributed by atoms with Gasteiger partial charge in [0.2, 0.25) is 5.91 Å². The lowest BCUT2D eigenvalue weighted by Gasteiger charge is -2.26. The summed E-state index contributed by atoms with van der Waals surface area (Å²) < 4.78 is 6.81. The van der Waals surface area contributed by atoms with Crippen molar-refractivity contribution in [2.75, 3.05) is 11.9 Å². The van der Waals surface area contributed by atoms with Crippen molar-refractivity contribution in [3.8, 4) is 5.75 Å². The molecular formula is C17H18ClN3O4. The molecule has 0 unspecified atom stereocenters. The van der Waals surface area contributed by atoms with E-state index in [0.29, 0.717) is 23.0 Å². The number of hydrogen-bond acceptors (Lipinski definition) is 4. The van der Waals surface area contributed by atoms with Gasteiger partial charge >= 0.3 is 5.97 Å². The summed E-state index contributed by atoms with van der Waals surface area (Å²) in [7, 11) is 1.78. The minimum Gasteiger partial charge on any atom is -0.482 e. The maximum Gasteiger partial charge on any atom is 0.341 e. The molecule has 0 fully saturated rings. The highest BCUT2D eigenvalue weighted by atomic mass is 35.5. The summed E-state index contributed by atoms with van der Waals surface area (Å²) in [5.74, 6) is -1.01. The van der Waals surface area contributed by atoms with Gasteiger partial charge in [-0.2, -0.15) is 5.10 Å². The Morgan fingerprint density at radius 2 is 2.28 bits per heavy atom. The van der Waals surface area contributed by atoms with Crippen molar-refractivity contribution >= 4 is 29.2 Å².